The molecule has 0 amide bonds. The van der Waals surface area contributed by atoms with Gasteiger partial charge in [-0.2, -0.15) is 0 Å². The highest BCUT2D eigenvalue weighted by Crippen LogP contribution is 2.18. The number of nitrogens with zero attached hydrogens (tertiary/aromatic N) is 1. The van der Waals surface area contributed by atoms with Crippen molar-refractivity contribution in [3.63, 3.8) is 0 Å². The molecule has 1 aromatic rings. The van der Waals surface area contributed by atoms with Crippen molar-refractivity contribution in [2.24, 2.45) is 0 Å². The molecule has 0 aliphatic carbocycles. The monoisotopic (exact) mass is 292 g/mol. The summed E-state index contributed by atoms with van der Waals surface area (Å²) >= 11 is 0. The number of ether oxygens (including phenoxy) is 2. The number of benzene rings is 1. The number of hydrogen-bond donors (Lipinski definition) is 1. The van der Waals surface area contributed by atoms with Crippen molar-refractivity contribution < 1.29 is 9.47 Å². The Hall–Kier alpha value is -1.10. The Bertz CT molecular complexity index is 406. The highest BCUT2D eigenvalue weighted by Gasteiger charge is 2.12. The third-order valence-electron chi connectivity index (χ3n) is 3.96. The van der Waals surface area contributed by atoms with E-state index in [1.165, 1.54) is 5.56 Å². The van der Waals surface area contributed by atoms with E-state index in [0.717, 1.165) is 57.8 Å². The number of piperidine rings is 1. The molecule has 1 fully saturated rings. The second kappa shape index (κ2) is 9.03. The largest absolute Gasteiger partial charge is 0.496 e. The fourth-order valence-electron chi connectivity index (χ4n) is 2.75. The molecule has 118 valence electrons. The standard InChI is InChI=1S/C17H28N2O2/c1-19(14-15-6-3-4-7-17(15)20-2)12-5-13-21-16-8-10-18-11-9-16/h3-4,6-7,16,18H,5,8-14H2,1-2H3. The van der Waals surface area contributed by atoms with Crippen LogP contribution in [-0.2, 0) is 11.3 Å². The molecule has 0 saturated carbocycles. The molecule has 0 bridgehead atoms. The van der Waals surface area contributed by atoms with E-state index in [1.807, 2.05) is 12.1 Å². The fraction of sp³-hybridized carbons (Fsp3) is 0.647. The maximum atomic E-state index is 5.94. The summed E-state index contributed by atoms with van der Waals surface area (Å²) in [6.07, 6.45) is 3.84. The van der Waals surface area contributed by atoms with Crippen molar-refractivity contribution in [1.29, 1.82) is 0 Å². The summed E-state index contributed by atoms with van der Waals surface area (Å²) in [5.74, 6) is 0.968. The minimum absolute atomic E-state index is 0.464. The van der Waals surface area contributed by atoms with E-state index in [0.29, 0.717) is 6.10 Å². The molecule has 0 aromatic heterocycles. The van der Waals surface area contributed by atoms with Crippen molar-refractivity contribution in [2.75, 3.05) is 40.4 Å². The highest BCUT2D eigenvalue weighted by atomic mass is 16.5. The van der Waals surface area contributed by atoms with Gasteiger partial charge in [0.15, 0.2) is 0 Å². The van der Waals surface area contributed by atoms with Crippen LogP contribution in [0, 0.1) is 0 Å². The first kappa shape index (κ1) is 16.3. The number of methoxy groups -OCH3 is 1. The van der Waals surface area contributed by atoms with Gasteiger partial charge in [-0.3, -0.25) is 0 Å². The Morgan fingerprint density at radius 3 is 2.76 bits per heavy atom. The van der Waals surface area contributed by atoms with Crippen molar-refractivity contribution in [3.8, 4) is 5.75 Å². The first-order valence-corrected chi connectivity index (χ1v) is 7.92. The molecule has 1 N–H and O–H groups in total. The van der Waals surface area contributed by atoms with Crippen molar-refractivity contribution in [1.82, 2.24) is 10.2 Å². The minimum atomic E-state index is 0.464. The SMILES string of the molecule is COc1ccccc1CN(C)CCCOC1CCNCC1. The van der Waals surface area contributed by atoms with Crippen LogP contribution in [0.25, 0.3) is 0 Å². The van der Waals surface area contributed by atoms with Crippen LogP contribution in [0.3, 0.4) is 0 Å². The van der Waals surface area contributed by atoms with Gasteiger partial charge in [0.25, 0.3) is 0 Å². The summed E-state index contributed by atoms with van der Waals surface area (Å²) in [6.45, 7) is 5.01. The average molecular weight is 292 g/mol. The molecule has 1 heterocycles. The van der Waals surface area contributed by atoms with Crippen LogP contribution >= 0.6 is 0 Å². The number of rotatable bonds is 8. The van der Waals surface area contributed by atoms with Crippen LogP contribution in [-0.4, -0.2) is 51.4 Å². The zero-order valence-corrected chi connectivity index (χ0v) is 13.3. The normalized spacial score (nSPS) is 16.3. The maximum Gasteiger partial charge on any atom is 0.123 e. The quantitative estimate of drug-likeness (QED) is 0.745. The Balaban J connectivity index is 1.64. The topological polar surface area (TPSA) is 33.7 Å². The molecule has 0 atom stereocenters. The molecule has 0 radical (unpaired) electrons. The molecule has 21 heavy (non-hydrogen) atoms. The number of hydrogen-bond acceptors (Lipinski definition) is 4. The van der Waals surface area contributed by atoms with E-state index < -0.39 is 0 Å². The molecule has 4 nitrogen and oxygen atoms in total. The number of para-hydroxylation sites is 1. The first-order chi connectivity index (χ1) is 10.3. The van der Waals surface area contributed by atoms with Gasteiger partial charge in [0.1, 0.15) is 5.75 Å². The van der Waals surface area contributed by atoms with E-state index in [1.54, 1.807) is 7.11 Å². The molecular weight excluding hydrogens is 264 g/mol. The number of nitrogens with one attached hydrogen (secondary N) is 1. The van der Waals surface area contributed by atoms with Crippen LogP contribution in [0.5, 0.6) is 5.75 Å². The second-order valence-corrected chi connectivity index (χ2v) is 5.72. The Labute approximate surface area is 128 Å². The van der Waals surface area contributed by atoms with E-state index in [-0.39, 0.29) is 0 Å². The second-order valence-electron chi connectivity index (χ2n) is 5.72. The fourth-order valence-corrected chi connectivity index (χ4v) is 2.75. The molecule has 0 spiro atoms. The Kier molecular flexibility index (Phi) is 7.00. The van der Waals surface area contributed by atoms with Gasteiger partial charge in [0.05, 0.1) is 13.2 Å². The lowest BCUT2D eigenvalue weighted by Gasteiger charge is -2.23. The van der Waals surface area contributed by atoms with Crippen LogP contribution < -0.4 is 10.1 Å². The van der Waals surface area contributed by atoms with Gasteiger partial charge in [-0.25, -0.2) is 0 Å². The van der Waals surface area contributed by atoms with Gasteiger partial charge in [0, 0.05) is 25.3 Å². The molecule has 2 rings (SSSR count). The summed E-state index contributed by atoms with van der Waals surface area (Å²) in [5, 5.41) is 3.36. The van der Waals surface area contributed by atoms with E-state index in [9.17, 15) is 0 Å². The highest BCUT2D eigenvalue weighted by molar-refractivity contribution is 5.32. The lowest BCUT2D eigenvalue weighted by atomic mass is 10.1. The van der Waals surface area contributed by atoms with Gasteiger partial charge < -0.3 is 19.7 Å². The van der Waals surface area contributed by atoms with Crippen molar-refractivity contribution >= 4 is 0 Å². The van der Waals surface area contributed by atoms with E-state index in [2.05, 4.69) is 29.4 Å². The summed E-state index contributed by atoms with van der Waals surface area (Å²) in [5.41, 5.74) is 1.24. The van der Waals surface area contributed by atoms with Gasteiger partial charge >= 0.3 is 0 Å². The third-order valence-corrected chi connectivity index (χ3v) is 3.96. The summed E-state index contributed by atoms with van der Waals surface area (Å²) in [6, 6.07) is 8.21. The van der Waals surface area contributed by atoms with Crippen LogP contribution in [0.4, 0.5) is 0 Å². The smallest absolute Gasteiger partial charge is 0.123 e. The van der Waals surface area contributed by atoms with Gasteiger partial charge in [-0.1, -0.05) is 18.2 Å². The Morgan fingerprint density at radius 2 is 2.00 bits per heavy atom. The third kappa shape index (κ3) is 5.65. The van der Waals surface area contributed by atoms with Gasteiger partial charge in [-0.15, -0.1) is 0 Å². The van der Waals surface area contributed by atoms with E-state index >= 15 is 0 Å². The van der Waals surface area contributed by atoms with Crippen LogP contribution in [0.2, 0.25) is 0 Å². The zero-order valence-electron chi connectivity index (χ0n) is 13.3. The summed E-state index contributed by atoms with van der Waals surface area (Å²) < 4.78 is 11.3. The predicted octanol–water partition coefficient (Wildman–Crippen LogP) is 2.29. The van der Waals surface area contributed by atoms with E-state index in [4.69, 9.17) is 9.47 Å². The van der Waals surface area contributed by atoms with Crippen LogP contribution in [0.1, 0.15) is 24.8 Å². The summed E-state index contributed by atoms with van der Waals surface area (Å²) in [4.78, 5) is 2.32. The maximum absolute atomic E-state index is 5.94. The van der Waals surface area contributed by atoms with Crippen molar-refractivity contribution in [2.45, 2.75) is 31.9 Å². The zero-order chi connectivity index (χ0) is 14.9. The molecule has 1 aliphatic heterocycles. The average Bonchev–Trinajstić information content (AvgIpc) is 2.53. The van der Waals surface area contributed by atoms with Gasteiger partial charge in [-0.05, 0) is 45.5 Å². The lowest BCUT2D eigenvalue weighted by Crippen LogP contribution is -2.33. The first-order valence-electron chi connectivity index (χ1n) is 7.92. The van der Waals surface area contributed by atoms with Crippen LogP contribution in [0.15, 0.2) is 24.3 Å². The molecule has 4 heteroatoms. The van der Waals surface area contributed by atoms with Gasteiger partial charge in [0.2, 0.25) is 0 Å². The molecule has 1 aromatic carbocycles. The van der Waals surface area contributed by atoms with Crippen molar-refractivity contribution in [3.05, 3.63) is 29.8 Å². The minimum Gasteiger partial charge on any atom is -0.496 e. The predicted molar refractivity (Wildman–Crippen MR) is 85.8 cm³/mol. The molecule has 1 aliphatic rings. The lowest BCUT2D eigenvalue weighted by molar-refractivity contribution is 0.0284. The Morgan fingerprint density at radius 1 is 1.24 bits per heavy atom. The summed E-state index contributed by atoms with van der Waals surface area (Å²) in [7, 11) is 3.88. The molecular formula is C17H28N2O2. The molecule has 1 saturated heterocycles. The molecule has 0 unspecified atom stereocenters.